The number of ether oxygens (including phenoxy) is 2. The van der Waals surface area contributed by atoms with E-state index in [-0.39, 0.29) is 30.9 Å². The number of esters is 1. The predicted molar refractivity (Wildman–Crippen MR) is 80.9 cm³/mol. The fourth-order valence-corrected chi connectivity index (χ4v) is 1.59. The van der Waals surface area contributed by atoms with Gasteiger partial charge >= 0.3 is 5.97 Å². The number of nitrogens with one attached hydrogen (secondary N) is 1. The first-order valence-electron chi connectivity index (χ1n) is 6.80. The van der Waals surface area contributed by atoms with Gasteiger partial charge in [-0.15, -0.1) is 0 Å². The monoisotopic (exact) mass is 291 g/mol. The largest absolute Gasteiger partial charge is 0.497 e. The summed E-state index contributed by atoms with van der Waals surface area (Å²) >= 11 is 0. The maximum atomic E-state index is 11.6. The van der Waals surface area contributed by atoms with Crippen LogP contribution in [0.5, 0.6) is 5.75 Å². The first-order valence-corrected chi connectivity index (χ1v) is 6.80. The van der Waals surface area contributed by atoms with Crippen LogP contribution in [0.1, 0.15) is 25.8 Å². The third kappa shape index (κ3) is 7.15. The summed E-state index contributed by atoms with van der Waals surface area (Å²) in [6.07, 6.45) is 3.13. The predicted octanol–water partition coefficient (Wildman–Crippen LogP) is 2.17. The smallest absolute Gasteiger partial charge is 0.307 e. The molecule has 0 aromatic heterocycles. The van der Waals surface area contributed by atoms with Gasteiger partial charge in [0.05, 0.1) is 19.6 Å². The van der Waals surface area contributed by atoms with Crippen LogP contribution in [0.25, 0.3) is 6.08 Å². The summed E-state index contributed by atoms with van der Waals surface area (Å²) < 4.78 is 10.1. The number of benzene rings is 1. The second-order valence-electron chi connectivity index (χ2n) is 4.69. The molecule has 0 aliphatic rings. The van der Waals surface area contributed by atoms with Crippen LogP contribution in [0.3, 0.4) is 0 Å². The van der Waals surface area contributed by atoms with Crippen molar-refractivity contribution in [3.8, 4) is 5.75 Å². The molecule has 5 nitrogen and oxygen atoms in total. The molecule has 0 saturated heterocycles. The van der Waals surface area contributed by atoms with Crippen LogP contribution in [0.2, 0.25) is 0 Å². The van der Waals surface area contributed by atoms with Crippen LogP contribution in [-0.4, -0.2) is 31.6 Å². The number of hydrogen-bond acceptors (Lipinski definition) is 4. The van der Waals surface area contributed by atoms with Crippen molar-refractivity contribution in [1.29, 1.82) is 0 Å². The lowest BCUT2D eigenvalue weighted by molar-refractivity contribution is -0.147. The van der Waals surface area contributed by atoms with Crippen LogP contribution >= 0.6 is 0 Å². The Morgan fingerprint density at radius 2 is 2.10 bits per heavy atom. The Bertz CT molecular complexity index is 509. The molecule has 0 heterocycles. The lowest BCUT2D eigenvalue weighted by atomic mass is 10.2. The van der Waals surface area contributed by atoms with Gasteiger partial charge in [0.15, 0.2) is 0 Å². The van der Waals surface area contributed by atoms with E-state index < -0.39 is 0 Å². The topological polar surface area (TPSA) is 64.6 Å². The third-order valence-electron chi connectivity index (χ3n) is 2.52. The second-order valence-corrected chi connectivity index (χ2v) is 4.69. The van der Waals surface area contributed by atoms with Crippen molar-refractivity contribution in [2.75, 3.05) is 13.7 Å². The average Bonchev–Trinajstić information content (AvgIpc) is 2.44. The quantitative estimate of drug-likeness (QED) is 0.617. The van der Waals surface area contributed by atoms with Crippen molar-refractivity contribution in [3.05, 3.63) is 35.9 Å². The van der Waals surface area contributed by atoms with Gasteiger partial charge in [-0.05, 0) is 37.6 Å². The normalized spacial score (nSPS) is 10.7. The van der Waals surface area contributed by atoms with E-state index >= 15 is 0 Å². The Morgan fingerprint density at radius 3 is 2.76 bits per heavy atom. The fraction of sp³-hybridized carbons (Fsp3) is 0.375. The maximum Gasteiger partial charge on any atom is 0.307 e. The average molecular weight is 291 g/mol. The molecule has 5 heteroatoms. The zero-order chi connectivity index (χ0) is 15.7. The standard InChI is InChI=1S/C16H21NO4/c1-12(2)21-16(19)9-10-17-15(18)8-7-13-5-4-6-14(11-13)20-3/h4-8,11-12H,9-10H2,1-3H3,(H,17,18)/b8-7+. The number of carbonyl (C=O) groups is 2. The molecule has 114 valence electrons. The lowest BCUT2D eigenvalue weighted by Crippen LogP contribution is -2.25. The van der Waals surface area contributed by atoms with Crippen molar-refractivity contribution >= 4 is 18.0 Å². The minimum absolute atomic E-state index is 0.138. The fourth-order valence-electron chi connectivity index (χ4n) is 1.59. The molecular weight excluding hydrogens is 270 g/mol. The first kappa shape index (κ1) is 16.8. The van der Waals surface area contributed by atoms with E-state index in [0.29, 0.717) is 0 Å². The number of rotatable bonds is 7. The molecule has 1 aromatic rings. The minimum atomic E-state index is -0.318. The zero-order valence-electron chi connectivity index (χ0n) is 12.6. The first-order chi connectivity index (χ1) is 10.0. The highest BCUT2D eigenvalue weighted by Crippen LogP contribution is 2.13. The van der Waals surface area contributed by atoms with Crippen LogP contribution in [0.4, 0.5) is 0 Å². The number of carbonyl (C=O) groups excluding carboxylic acids is 2. The summed E-state index contributed by atoms with van der Waals surface area (Å²) in [7, 11) is 1.59. The molecule has 0 fully saturated rings. The Hall–Kier alpha value is -2.30. The van der Waals surface area contributed by atoms with Crippen molar-refractivity contribution in [2.24, 2.45) is 0 Å². The molecule has 0 unspecified atom stereocenters. The molecular formula is C16H21NO4. The van der Waals surface area contributed by atoms with Gasteiger partial charge in [-0.1, -0.05) is 12.1 Å². The number of hydrogen-bond donors (Lipinski definition) is 1. The van der Waals surface area contributed by atoms with Gasteiger partial charge in [0.1, 0.15) is 5.75 Å². The molecule has 0 radical (unpaired) electrons. The Balaban J connectivity index is 2.36. The Morgan fingerprint density at radius 1 is 1.33 bits per heavy atom. The van der Waals surface area contributed by atoms with Crippen molar-refractivity contribution < 1.29 is 19.1 Å². The molecule has 0 bridgehead atoms. The van der Waals surface area contributed by atoms with Crippen LogP contribution < -0.4 is 10.1 Å². The zero-order valence-corrected chi connectivity index (χ0v) is 12.6. The summed E-state index contributed by atoms with van der Waals surface area (Å²) in [5.41, 5.74) is 0.865. The van der Waals surface area contributed by atoms with Crippen LogP contribution in [-0.2, 0) is 14.3 Å². The molecule has 0 atom stereocenters. The molecule has 1 N–H and O–H groups in total. The summed E-state index contributed by atoms with van der Waals surface area (Å²) in [5.74, 6) is 0.159. The molecule has 1 rings (SSSR count). The SMILES string of the molecule is COc1cccc(/C=C/C(=O)NCCC(=O)OC(C)C)c1. The third-order valence-corrected chi connectivity index (χ3v) is 2.52. The highest BCUT2D eigenvalue weighted by Gasteiger charge is 2.05. The summed E-state index contributed by atoms with van der Waals surface area (Å²) in [4.78, 5) is 22.9. The van der Waals surface area contributed by atoms with Gasteiger partial charge in [0, 0.05) is 12.6 Å². The van der Waals surface area contributed by atoms with Gasteiger partial charge < -0.3 is 14.8 Å². The molecule has 0 spiro atoms. The van der Waals surface area contributed by atoms with Gasteiger partial charge in [0.25, 0.3) is 0 Å². The molecule has 1 amide bonds. The summed E-state index contributed by atoms with van der Waals surface area (Å²) in [5, 5.41) is 2.63. The Labute approximate surface area is 124 Å². The van der Waals surface area contributed by atoms with Gasteiger partial charge in [-0.25, -0.2) is 0 Å². The van der Waals surface area contributed by atoms with Crippen molar-refractivity contribution in [3.63, 3.8) is 0 Å². The second kappa shape index (κ2) is 8.79. The molecule has 0 aliphatic carbocycles. The highest BCUT2D eigenvalue weighted by atomic mass is 16.5. The van der Waals surface area contributed by atoms with Crippen LogP contribution in [0.15, 0.2) is 30.3 Å². The van der Waals surface area contributed by atoms with Crippen molar-refractivity contribution in [1.82, 2.24) is 5.32 Å². The van der Waals surface area contributed by atoms with E-state index in [1.54, 1.807) is 27.0 Å². The lowest BCUT2D eigenvalue weighted by Gasteiger charge is -2.07. The van der Waals surface area contributed by atoms with Gasteiger partial charge in [-0.3, -0.25) is 9.59 Å². The van der Waals surface area contributed by atoms with Crippen LogP contribution in [0, 0.1) is 0 Å². The van der Waals surface area contributed by atoms with Gasteiger partial charge in [0.2, 0.25) is 5.91 Å². The van der Waals surface area contributed by atoms with E-state index in [0.717, 1.165) is 11.3 Å². The maximum absolute atomic E-state index is 11.6. The number of amides is 1. The molecule has 1 aromatic carbocycles. The van der Waals surface area contributed by atoms with E-state index in [1.165, 1.54) is 6.08 Å². The molecule has 21 heavy (non-hydrogen) atoms. The van der Waals surface area contributed by atoms with E-state index in [4.69, 9.17) is 9.47 Å². The highest BCUT2D eigenvalue weighted by molar-refractivity contribution is 5.91. The Kier molecular flexibility index (Phi) is 7.01. The van der Waals surface area contributed by atoms with Gasteiger partial charge in [-0.2, -0.15) is 0 Å². The molecule has 0 saturated carbocycles. The van der Waals surface area contributed by atoms with E-state index in [2.05, 4.69) is 5.32 Å². The number of methoxy groups -OCH3 is 1. The summed E-state index contributed by atoms with van der Waals surface area (Å²) in [6, 6.07) is 7.37. The van der Waals surface area contributed by atoms with E-state index in [9.17, 15) is 9.59 Å². The summed E-state index contributed by atoms with van der Waals surface area (Å²) in [6.45, 7) is 3.83. The minimum Gasteiger partial charge on any atom is -0.497 e. The van der Waals surface area contributed by atoms with Crippen molar-refractivity contribution in [2.45, 2.75) is 26.4 Å². The molecule has 0 aliphatic heterocycles. The van der Waals surface area contributed by atoms with E-state index in [1.807, 2.05) is 24.3 Å².